The van der Waals surface area contributed by atoms with Gasteiger partial charge in [0.1, 0.15) is 5.82 Å². The van der Waals surface area contributed by atoms with Crippen LogP contribution < -0.4 is 0 Å². The lowest BCUT2D eigenvalue weighted by molar-refractivity contribution is 0.799. The van der Waals surface area contributed by atoms with E-state index in [9.17, 15) is 0 Å². The van der Waals surface area contributed by atoms with Gasteiger partial charge >= 0.3 is 0 Å². The lowest BCUT2D eigenvalue weighted by Gasteiger charge is -2.17. The molecule has 0 saturated heterocycles. The number of rotatable bonds is 4. The van der Waals surface area contributed by atoms with E-state index in [-0.39, 0.29) is 0 Å². The fourth-order valence-electron chi connectivity index (χ4n) is 3.82. The van der Waals surface area contributed by atoms with Crippen molar-refractivity contribution >= 4 is 23.2 Å². The third-order valence-electron chi connectivity index (χ3n) is 5.75. The van der Waals surface area contributed by atoms with Crippen LogP contribution in [0.4, 0.5) is 0 Å². The van der Waals surface area contributed by atoms with Gasteiger partial charge in [-0.3, -0.25) is 0 Å². The molecule has 3 aromatic carbocycles. The summed E-state index contributed by atoms with van der Waals surface area (Å²) in [5.74, 6) is 0.989. The van der Waals surface area contributed by atoms with E-state index in [1.54, 1.807) is 0 Å². The van der Waals surface area contributed by atoms with Crippen LogP contribution >= 0.6 is 0 Å². The first kappa shape index (κ1) is 18.2. The van der Waals surface area contributed by atoms with Gasteiger partial charge < -0.3 is 4.57 Å². The fraction of sp³-hybridized carbons (Fsp3) is 0.192. The van der Waals surface area contributed by atoms with Crippen molar-refractivity contribution in [1.29, 1.82) is 0 Å². The lowest BCUT2D eigenvalue weighted by atomic mass is 9.94. The summed E-state index contributed by atoms with van der Waals surface area (Å²) in [7, 11) is 0. The van der Waals surface area contributed by atoms with Crippen molar-refractivity contribution in [2.24, 2.45) is 0 Å². The first-order valence-electron chi connectivity index (χ1n) is 9.79. The van der Waals surface area contributed by atoms with Gasteiger partial charge in [-0.25, -0.2) is 4.98 Å². The molecule has 2 nitrogen and oxygen atoms in total. The summed E-state index contributed by atoms with van der Waals surface area (Å²) in [6, 6.07) is 21.1. The summed E-state index contributed by atoms with van der Waals surface area (Å²) in [5.41, 5.74) is 10.2. The molecule has 0 unspecified atom stereocenters. The topological polar surface area (TPSA) is 17.8 Å². The highest BCUT2D eigenvalue weighted by atomic mass is 15.1. The van der Waals surface area contributed by atoms with Crippen LogP contribution in [0.2, 0.25) is 0 Å². The number of benzene rings is 3. The van der Waals surface area contributed by atoms with Gasteiger partial charge in [0.15, 0.2) is 0 Å². The Balaban J connectivity index is 1.84. The van der Waals surface area contributed by atoms with E-state index in [1.165, 1.54) is 38.9 Å². The van der Waals surface area contributed by atoms with Crippen LogP contribution in [0.25, 0.3) is 23.2 Å². The number of aryl methyl sites for hydroxylation is 2. The van der Waals surface area contributed by atoms with Crippen molar-refractivity contribution < 1.29 is 0 Å². The molecule has 28 heavy (non-hydrogen) atoms. The third-order valence-corrected chi connectivity index (χ3v) is 5.75. The maximum Gasteiger partial charge on any atom is 0.134 e. The second kappa shape index (κ2) is 7.47. The van der Waals surface area contributed by atoms with Crippen molar-refractivity contribution in [3.8, 4) is 0 Å². The molecule has 0 amide bonds. The third kappa shape index (κ3) is 3.38. The zero-order valence-corrected chi connectivity index (χ0v) is 17.0. The van der Waals surface area contributed by atoms with E-state index in [0.29, 0.717) is 0 Å². The van der Waals surface area contributed by atoms with Gasteiger partial charge in [0.05, 0.1) is 17.6 Å². The number of hydrogen-bond acceptors (Lipinski definition) is 1. The quantitative estimate of drug-likeness (QED) is 0.404. The number of hydrogen-bond donors (Lipinski definition) is 0. The molecule has 4 rings (SSSR count). The Kier molecular flexibility index (Phi) is 4.87. The number of fused-ring (bicyclic) bond motifs is 1. The van der Waals surface area contributed by atoms with Gasteiger partial charge in [-0.2, -0.15) is 0 Å². The monoisotopic (exact) mass is 366 g/mol. The molecule has 0 radical (unpaired) electrons. The molecular formula is C26H26N2. The van der Waals surface area contributed by atoms with E-state index in [1.807, 2.05) is 6.07 Å². The molecule has 1 heterocycles. The lowest BCUT2D eigenvalue weighted by Crippen LogP contribution is -2.07. The predicted octanol–water partition coefficient (Wildman–Crippen LogP) is 6.49. The Morgan fingerprint density at radius 3 is 2.14 bits per heavy atom. The first-order chi connectivity index (χ1) is 13.5. The zero-order valence-electron chi connectivity index (χ0n) is 17.0. The Morgan fingerprint density at radius 1 is 0.786 bits per heavy atom. The minimum Gasteiger partial charge on any atom is -0.320 e. The van der Waals surface area contributed by atoms with Crippen LogP contribution in [-0.4, -0.2) is 9.55 Å². The van der Waals surface area contributed by atoms with E-state index in [4.69, 9.17) is 4.98 Å². The molecule has 140 valence electrons. The highest BCUT2D eigenvalue weighted by Gasteiger charge is 2.13. The summed E-state index contributed by atoms with van der Waals surface area (Å²) < 4.78 is 2.34. The van der Waals surface area contributed by atoms with Crippen LogP contribution in [0.5, 0.6) is 0 Å². The van der Waals surface area contributed by atoms with Gasteiger partial charge in [0, 0.05) is 0 Å². The Bertz CT molecular complexity index is 1140. The van der Waals surface area contributed by atoms with E-state index >= 15 is 0 Å². The smallest absolute Gasteiger partial charge is 0.134 e. The standard InChI is InChI=1S/C26H26N2/c1-18-16-19(2)21(4)23(20(18)3)17-28-25-13-9-8-12-24(25)27-26(28)15-14-22-10-6-5-7-11-22/h5-16H,17H2,1-4H3. The van der Waals surface area contributed by atoms with E-state index < -0.39 is 0 Å². The molecule has 0 spiro atoms. The minimum atomic E-state index is 0.829. The molecule has 0 N–H and O–H groups in total. The van der Waals surface area contributed by atoms with Gasteiger partial charge in [-0.05, 0) is 79.3 Å². The highest BCUT2D eigenvalue weighted by molar-refractivity contribution is 5.80. The van der Waals surface area contributed by atoms with Gasteiger partial charge in [-0.15, -0.1) is 0 Å². The molecule has 0 fully saturated rings. The predicted molar refractivity (Wildman–Crippen MR) is 120 cm³/mol. The summed E-state index contributed by atoms with van der Waals surface area (Å²) in [5, 5.41) is 0. The Morgan fingerprint density at radius 2 is 1.43 bits per heavy atom. The summed E-state index contributed by atoms with van der Waals surface area (Å²) >= 11 is 0. The fourth-order valence-corrected chi connectivity index (χ4v) is 3.82. The second-order valence-corrected chi connectivity index (χ2v) is 7.53. The maximum atomic E-state index is 4.90. The average Bonchev–Trinajstić information content (AvgIpc) is 3.06. The van der Waals surface area contributed by atoms with E-state index in [2.05, 4.69) is 99.0 Å². The summed E-state index contributed by atoms with van der Waals surface area (Å²) in [6.45, 7) is 9.70. The van der Waals surface area contributed by atoms with Crippen molar-refractivity contribution in [2.45, 2.75) is 34.2 Å². The largest absolute Gasteiger partial charge is 0.320 e. The molecule has 2 heteroatoms. The average molecular weight is 367 g/mol. The van der Waals surface area contributed by atoms with Crippen molar-refractivity contribution in [3.63, 3.8) is 0 Å². The number of nitrogens with zero attached hydrogens (tertiary/aromatic N) is 2. The van der Waals surface area contributed by atoms with Crippen molar-refractivity contribution in [1.82, 2.24) is 9.55 Å². The zero-order chi connectivity index (χ0) is 19.7. The molecule has 0 atom stereocenters. The molecule has 0 aliphatic carbocycles. The van der Waals surface area contributed by atoms with Crippen LogP contribution in [0.1, 0.15) is 39.2 Å². The number of aromatic nitrogens is 2. The maximum absolute atomic E-state index is 4.90. The minimum absolute atomic E-state index is 0.829. The summed E-state index contributed by atoms with van der Waals surface area (Å²) in [4.78, 5) is 4.90. The van der Waals surface area contributed by atoms with Gasteiger partial charge in [0.2, 0.25) is 0 Å². The molecule has 0 aliphatic heterocycles. The highest BCUT2D eigenvalue weighted by Crippen LogP contribution is 2.26. The van der Waals surface area contributed by atoms with Crippen LogP contribution in [0.3, 0.4) is 0 Å². The Labute approximate surface area is 167 Å². The first-order valence-corrected chi connectivity index (χ1v) is 9.79. The molecule has 0 saturated carbocycles. The molecule has 4 aromatic rings. The van der Waals surface area contributed by atoms with Gasteiger partial charge in [0.25, 0.3) is 0 Å². The van der Waals surface area contributed by atoms with Crippen LogP contribution in [0.15, 0.2) is 60.7 Å². The number of imidazole rings is 1. The normalized spacial score (nSPS) is 11.6. The van der Waals surface area contributed by atoms with Crippen LogP contribution in [0, 0.1) is 27.7 Å². The SMILES string of the molecule is Cc1cc(C)c(C)c(Cn2c(C=Cc3ccccc3)nc3ccccc32)c1C. The van der Waals surface area contributed by atoms with Crippen LogP contribution in [-0.2, 0) is 6.54 Å². The van der Waals surface area contributed by atoms with E-state index in [0.717, 1.165) is 17.9 Å². The molecule has 0 aliphatic rings. The van der Waals surface area contributed by atoms with Gasteiger partial charge in [-0.1, -0.05) is 54.6 Å². The Hall–Kier alpha value is -3.13. The summed E-state index contributed by atoms with van der Waals surface area (Å²) in [6.07, 6.45) is 4.27. The van der Waals surface area contributed by atoms with Crippen molar-refractivity contribution in [3.05, 3.63) is 99.9 Å². The molecule has 0 bridgehead atoms. The second-order valence-electron chi connectivity index (χ2n) is 7.53. The molecule has 1 aromatic heterocycles. The molecular weight excluding hydrogens is 340 g/mol. The number of para-hydroxylation sites is 2. The van der Waals surface area contributed by atoms with Crippen molar-refractivity contribution in [2.75, 3.05) is 0 Å².